The van der Waals surface area contributed by atoms with Gasteiger partial charge in [0.05, 0.1) is 43.2 Å². The van der Waals surface area contributed by atoms with Crippen LogP contribution in [-0.2, 0) is 11.2 Å². The number of benzene rings is 1. The van der Waals surface area contributed by atoms with Gasteiger partial charge in [0.15, 0.2) is 0 Å². The highest BCUT2D eigenvalue weighted by atomic mass is 35.5. The average Bonchev–Trinajstić information content (AvgIpc) is 2.97. The smallest absolute Gasteiger partial charge is 0.227 e. The van der Waals surface area contributed by atoms with E-state index >= 15 is 0 Å². The number of rotatable bonds is 15. The second kappa shape index (κ2) is 15.8. The maximum absolute atomic E-state index is 14.7. The van der Waals surface area contributed by atoms with E-state index < -0.39 is 30.7 Å². The van der Waals surface area contributed by atoms with E-state index in [9.17, 15) is 24.5 Å². The third-order valence-corrected chi connectivity index (χ3v) is 8.49. The Morgan fingerprint density at radius 2 is 1.74 bits per heavy atom. The van der Waals surface area contributed by atoms with E-state index in [1.807, 2.05) is 0 Å². The van der Waals surface area contributed by atoms with Gasteiger partial charge in [-0.05, 0) is 62.0 Å². The van der Waals surface area contributed by atoms with Crippen molar-refractivity contribution in [1.29, 1.82) is 0 Å². The lowest BCUT2D eigenvalue weighted by Crippen LogP contribution is -2.50. The maximum Gasteiger partial charge on any atom is 0.227 e. The predicted molar refractivity (Wildman–Crippen MR) is 156 cm³/mol. The van der Waals surface area contributed by atoms with Crippen molar-refractivity contribution in [1.82, 2.24) is 14.9 Å². The van der Waals surface area contributed by atoms with Crippen LogP contribution in [0.5, 0.6) is 5.75 Å². The summed E-state index contributed by atoms with van der Waals surface area (Å²) in [4.78, 5) is 25.1. The summed E-state index contributed by atoms with van der Waals surface area (Å²) in [6.45, 7) is 2.86. The van der Waals surface area contributed by atoms with E-state index in [4.69, 9.17) is 21.4 Å². The number of aromatic nitrogens is 2. The largest absolute Gasteiger partial charge is 0.493 e. The van der Waals surface area contributed by atoms with E-state index in [1.165, 1.54) is 6.07 Å². The molecule has 0 radical (unpaired) electrons. The number of piperidine rings is 1. The molecule has 0 aliphatic carbocycles. The lowest BCUT2D eigenvalue weighted by atomic mass is 9.91. The van der Waals surface area contributed by atoms with Crippen molar-refractivity contribution in [3.05, 3.63) is 47.0 Å². The fraction of sp³-hybridized carbons (Fsp3) is 0.633. The zero-order valence-electron chi connectivity index (χ0n) is 23.8. The Morgan fingerprint density at radius 1 is 1.05 bits per heavy atom. The molecule has 2 aliphatic heterocycles. The molecule has 2 aliphatic rings. The second-order valence-corrected chi connectivity index (χ2v) is 11.9. The molecule has 1 aromatic carbocycles. The fourth-order valence-electron chi connectivity index (χ4n) is 5.60. The summed E-state index contributed by atoms with van der Waals surface area (Å²) in [6, 6.07) is 4.67. The molecule has 3 atom stereocenters. The van der Waals surface area contributed by atoms with E-state index in [1.54, 1.807) is 29.4 Å². The van der Waals surface area contributed by atoms with Crippen molar-refractivity contribution in [3.63, 3.8) is 0 Å². The summed E-state index contributed by atoms with van der Waals surface area (Å²) in [7, 11) is 0. The first kappa shape index (κ1) is 32.3. The van der Waals surface area contributed by atoms with Crippen LogP contribution in [0.25, 0.3) is 0 Å². The van der Waals surface area contributed by atoms with Crippen molar-refractivity contribution >= 4 is 23.5 Å². The number of ether oxygens (including phenoxy) is 1. The number of hydrogen-bond acceptors (Lipinski definition) is 9. The Balaban J connectivity index is 1.08. The van der Waals surface area contributed by atoms with E-state index in [0.717, 1.165) is 45.2 Å². The number of hydrogen-bond donors (Lipinski definition) is 4. The second-order valence-electron chi connectivity index (χ2n) is 11.5. The summed E-state index contributed by atoms with van der Waals surface area (Å²) in [5.41, 5.74) is 0.340. The van der Waals surface area contributed by atoms with Crippen molar-refractivity contribution in [2.45, 2.75) is 69.7 Å². The molecular weight excluding hydrogens is 567 g/mol. The summed E-state index contributed by atoms with van der Waals surface area (Å²) in [5, 5.41) is 38.4. The molecule has 2 saturated heterocycles. The molecule has 4 rings (SSSR count). The molecule has 232 valence electrons. The van der Waals surface area contributed by atoms with Gasteiger partial charge in [0.2, 0.25) is 11.9 Å². The van der Waals surface area contributed by atoms with Crippen molar-refractivity contribution in [3.8, 4) is 5.75 Å². The van der Waals surface area contributed by atoms with Crippen LogP contribution >= 0.6 is 11.6 Å². The number of nitrogens with zero attached hydrogens (tertiary/aromatic N) is 4. The SMILES string of the molecule is O=C(Cc1ccc(OCCCC2CCN(c3ncc(Cl)cn3)CC2)cc1F)N1CC(CCC[C@H](O)[C@@H](O)[C@H](O)CO)C1. The van der Waals surface area contributed by atoms with Gasteiger partial charge in [-0.15, -0.1) is 0 Å². The third-order valence-electron chi connectivity index (χ3n) is 8.29. The number of carbonyl (C=O) groups excluding carboxylic acids is 1. The predicted octanol–water partition coefficient (Wildman–Crippen LogP) is 2.59. The normalized spacial score (nSPS) is 18.4. The van der Waals surface area contributed by atoms with Gasteiger partial charge in [-0.1, -0.05) is 24.1 Å². The lowest BCUT2D eigenvalue weighted by molar-refractivity contribution is -0.137. The topological polar surface area (TPSA) is 139 Å². The molecule has 10 nitrogen and oxygen atoms in total. The number of aliphatic hydroxyl groups excluding tert-OH is 4. The van der Waals surface area contributed by atoms with Gasteiger partial charge in [-0.2, -0.15) is 0 Å². The molecular formula is C30H42ClFN4O6. The summed E-state index contributed by atoms with van der Waals surface area (Å²) >= 11 is 5.87. The Morgan fingerprint density at radius 3 is 2.40 bits per heavy atom. The Kier molecular flexibility index (Phi) is 12.1. The van der Waals surface area contributed by atoms with Gasteiger partial charge in [-0.25, -0.2) is 14.4 Å². The molecule has 3 heterocycles. The molecule has 2 fully saturated rings. The Bertz CT molecular complexity index is 1130. The monoisotopic (exact) mass is 608 g/mol. The van der Waals surface area contributed by atoms with Gasteiger partial charge < -0.3 is 35.0 Å². The van der Waals surface area contributed by atoms with Crippen LogP contribution in [0.2, 0.25) is 5.02 Å². The van der Waals surface area contributed by atoms with Gasteiger partial charge in [0.25, 0.3) is 0 Å². The Labute approximate surface area is 251 Å². The molecule has 1 amide bonds. The lowest BCUT2D eigenvalue weighted by Gasteiger charge is -2.39. The van der Waals surface area contributed by atoms with E-state index in [0.29, 0.717) is 60.7 Å². The van der Waals surface area contributed by atoms with Crippen LogP contribution in [0.15, 0.2) is 30.6 Å². The fourth-order valence-corrected chi connectivity index (χ4v) is 5.69. The van der Waals surface area contributed by atoms with Crippen LogP contribution in [-0.4, -0.2) is 98.9 Å². The molecule has 42 heavy (non-hydrogen) atoms. The quantitative estimate of drug-likeness (QED) is 0.225. The summed E-state index contributed by atoms with van der Waals surface area (Å²) in [5.74, 6) is 1.48. The molecule has 0 spiro atoms. The molecule has 0 unspecified atom stereocenters. The molecule has 2 aromatic rings. The van der Waals surface area contributed by atoms with Crippen LogP contribution in [0.1, 0.15) is 50.5 Å². The van der Waals surface area contributed by atoms with Crippen LogP contribution in [0.4, 0.5) is 10.3 Å². The highest BCUT2D eigenvalue weighted by Gasteiger charge is 2.31. The highest BCUT2D eigenvalue weighted by Crippen LogP contribution is 2.26. The van der Waals surface area contributed by atoms with Crippen molar-refractivity contribution in [2.75, 3.05) is 44.3 Å². The first-order valence-electron chi connectivity index (χ1n) is 14.8. The first-order chi connectivity index (χ1) is 20.2. The number of amides is 1. The van der Waals surface area contributed by atoms with E-state index in [-0.39, 0.29) is 18.2 Å². The summed E-state index contributed by atoms with van der Waals surface area (Å²) in [6.07, 6.45) is 5.08. The number of likely N-dealkylation sites (tertiary alicyclic amines) is 1. The minimum absolute atomic E-state index is 0.0114. The standard InChI is InChI=1S/C30H42ClFN4O6/c31-23-15-33-30(34-16-23)35-10-8-20(9-11-35)4-2-12-42-24-7-6-22(25(32)14-24)13-28(40)36-17-21(18-36)3-1-5-26(38)29(41)27(39)19-37/h6-7,14-16,20-21,26-27,29,37-39,41H,1-5,8-13,17-19H2/t26-,27+,29+/m0/s1. The van der Waals surface area contributed by atoms with Crippen LogP contribution < -0.4 is 9.64 Å². The van der Waals surface area contributed by atoms with Gasteiger partial charge in [-0.3, -0.25) is 4.79 Å². The number of halogens is 2. The summed E-state index contributed by atoms with van der Waals surface area (Å²) < 4.78 is 20.5. The molecule has 0 bridgehead atoms. The van der Waals surface area contributed by atoms with Gasteiger partial charge in [0.1, 0.15) is 23.8 Å². The van der Waals surface area contributed by atoms with Crippen LogP contribution in [0, 0.1) is 17.7 Å². The molecule has 4 N–H and O–H groups in total. The van der Waals surface area contributed by atoms with Gasteiger partial charge >= 0.3 is 0 Å². The minimum atomic E-state index is -1.38. The Hall–Kier alpha value is -2.57. The van der Waals surface area contributed by atoms with Crippen molar-refractivity contribution < 1.29 is 34.3 Å². The maximum atomic E-state index is 14.7. The average molecular weight is 609 g/mol. The molecule has 1 aromatic heterocycles. The van der Waals surface area contributed by atoms with E-state index in [2.05, 4.69) is 14.9 Å². The van der Waals surface area contributed by atoms with Crippen molar-refractivity contribution in [2.24, 2.45) is 11.8 Å². The zero-order chi connectivity index (χ0) is 30.1. The molecule has 12 heteroatoms. The minimum Gasteiger partial charge on any atom is -0.493 e. The number of anilines is 1. The number of carbonyl (C=O) groups is 1. The van der Waals surface area contributed by atoms with Gasteiger partial charge in [0, 0.05) is 32.2 Å². The third kappa shape index (κ3) is 9.21. The highest BCUT2D eigenvalue weighted by molar-refractivity contribution is 6.30. The number of aliphatic hydroxyl groups is 4. The van der Waals surface area contributed by atoms with Crippen LogP contribution in [0.3, 0.4) is 0 Å². The zero-order valence-corrected chi connectivity index (χ0v) is 24.6. The molecule has 0 saturated carbocycles. The first-order valence-corrected chi connectivity index (χ1v) is 15.2.